The third-order valence-corrected chi connectivity index (χ3v) is 4.40. The Morgan fingerprint density at radius 2 is 1.91 bits per heavy atom. The zero-order chi connectivity index (χ0) is 15.7. The maximum atomic E-state index is 13.8. The topological polar surface area (TPSA) is 41.0 Å². The van der Waals surface area contributed by atoms with E-state index in [9.17, 15) is 4.39 Å². The molecule has 0 radical (unpaired) electrons. The Balaban J connectivity index is 1.74. The number of aromatic nitrogens is 2. The molecule has 1 aliphatic heterocycles. The van der Waals surface area contributed by atoms with Crippen LogP contribution in [0.4, 0.5) is 10.2 Å². The van der Waals surface area contributed by atoms with Crippen molar-refractivity contribution in [1.82, 2.24) is 14.9 Å². The number of piperidine rings is 1. The first-order valence-corrected chi connectivity index (χ1v) is 7.86. The summed E-state index contributed by atoms with van der Waals surface area (Å²) in [5.41, 5.74) is 0.600. The van der Waals surface area contributed by atoms with Gasteiger partial charge < -0.3 is 5.32 Å². The number of nitrogens with one attached hydrogen (secondary N) is 1. The Labute approximate surface area is 130 Å². The smallest absolute Gasteiger partial charge is 0.149 e. The lowest BCUT2D eigenvalue weighted by atomic mass is 9.98. The molecule has 1 aromatic heterocycles. The second-order valence-corrected chi connectivity index (χ2v) is 6.93. The van der Waals surface area contributed by atoms with Crippen LogP contribution in [0, 0.1) is 5.82 Å². The van der Waals surface area contributed by atoms with E-state index in [0.717, 1.165) is 37.1 Å². The van der Waals surface area contributed by atoms with Crippen molar-refractivity contribution in [3.05, 3.63) is 30.3 Å². The molecular formula is C17H23FN4. The van der Waals surface area contributed by atoms with Gasteiger partial charge in [-0.3, -0.25) is 4.90 Å². The van der Waals surface area contributed by atoms with Gasteiger partial charge in [0.2, 0.25) is 0 Å². The largest absolute Gasteiger partial charge is 0.367 e. The number of halogens is 1. The van der Waals surface area contributed by atoms with Gasteiger partial charge in [0.05, 0.1) is 0 Å². The van der Waals surface area contributed by atoms with Crippen LogP contribution in [-0.2, 0) is 0 Å². The SMILES string of the molecule is CC(C)(C)N1CCC(Nc2ncnc3c(F)cccc23)CC1. The van der Waals surface area contributed by atoms with Gasteiger partial charge in [-0.05, 0) is 45.7 Å². The van der Waals surface area contributed by atoms with Gasteiger partial charge in [-0.15, -0.1) is 0 Å². The highest BCUT2D eigenvalue weighted by Crippen LogP contribution is 2.25. The van der Waals surface area contributed by atoms with E-state index in [2.05, 4.69) is 41.0 Å². The highest BCUT2D eigenvalue weighted by molar-refractivity contribution is 5.89. The number of hydrogen-bond donors (Lipinski definition) is 1. The summed E-state index contributed by atoms with van der Waals surface area (Å²) in [4.78, 5) is 10.9. The summed E-state index contributed by atoms with van der Waals surface area (Å²) in [5.74, 6) is 0.434. The van der Waals surface area contributed by atoms with Crippen molar-refractivity contribution in [2.24, 2.45) is 0 Å². The van der Waals surface area contributed by atoms with Crippen LogP contribution in [0.1, 0.15) is 33.6 Å². The molecule has 0 amide bonds. The van der Waals surface area contributed by atoms with Crippen LogP contribution in [-0.4, -0.2) is 39.5 Å². The van der Waals surface area contributed by atoms with E-state index in [1.165, 1.54) is 12.4 Å². The molecule has 0 spiro atoms. The van der Waals surface area contributed by atoms with E-state index >= 15 is 0 Å². The first-order chi connectivity index (χ1) is 10.4. The highest BCUT2D eigenvalue weighted by Gasteiger charge is 2.27. The maximum absolute atomic E-state index is 13.8. The van der Waals surface area contributed by atoms with Gasteiger partial charge in [0.1, 0.15) is 23.5 Å². The fourth-order valence-electron chi connectivity index (χ4n) is 3.05. The number of anilines is 1. The molecule has 22 heavy (non-hydrogen) atoms. The molecule has 2 aromatic rings. The zero-order valence-electron chi connectivity index (χ0n) is 13.4. The minimum absolute atomic E-state index is 0.218. The van der Waals surface area contributed by atoms with Crippen molar-refractivity contribution in [2.75, 3.05) is 18.4 Å². The molecule has 0 bridgehead atoms. The number of nitrogens with zero attached hydrogens (tertiary/aromatic N) is 3. The molecule has 1 aliphatic rings. The fraction of sp³-hybridized carbons (Fsp3) is 0.529. The van der Waals surface area contributed by atoms with Crippen molar-refractivity contribution in [1.29, 1.82) is 0 Å². The van der Waals surface area contributed by atoms with Gasteiger partial charge in [0.15, 0.2) is 0 Å². The van der Waals surface area contributed by atoms with E-state index in [1.807, 2.05) is 6.07 Å². The van der Waals surface area contributed by atoms with Crippen LogP contribution in [0.25, 0.3) is 10.9 Å². The molecule has 5 heteroatoms. The summed E-state index contributed by atoms with van der Waals surface area (Å²) in [6.07, 6.45) is 3.56. The molecule has 2 heterocycles. The number of likely N-dealkylation sites (tertiary alicyclic amines) is 1. The number of fused-ring (bicyclic) bond motifs is 1. The van der Waals surface area contributed by atoms with E-state index < -0.39 is 0 Å². The predicted molar refractivity (Wildman–Crippen MR) is 87.5 cm³/mol. The van der Waals surface area contributed by atoms with Crippen LogP contribution in [0.5, 0.6) is 0 Å². The van der Waals surface area contributed by atoms with Crippen molar-refractivity contribution in [2.45, 2.75) is 45.2 Å². The van der Waals surface area contributed by atoms with Crippen LogP contribution >= 0.6 is 0 Å². The molecule has 4 nitrogen and oxygen atoms in total. The van der Waals surface area contributed by atoms with E-state index in [1.54, 1.807) is 6.07 Å². The van der Waals surface area contributed by atoms with Gasteiger partial charge in [0, 0.05) is 30.1 Å². The van der Waals surface area contributed by atoms with E-state index in [-0.39, 0.29) is 11.4 Å². The van der Waals surface area contributed by atoms with Crippen molar-refractivity contribution in [3.63, 3.8) is 0 Å². The first kappa shape index (κ1) is 15.2. The van der Waals surface area contributed by atoms with Crippen LogP contribution in [0.15, 0.2) is 24.5 Å². The lowest BCUT2D eigenvalue weighted by Gasteiger charge is -2.41. The predicted octanol–water partition coefficient (Wildman–Crippen LogP) is 3.44. The molecule has 3 rings (SSSR count). The van der Waals surface area contributed by atoms with Gasteiger partial charge in [-0.25, -0.2) is 14.4 Å². The average Bonchev–Trinajstić information content (AvgIpc) is 2.48. The third-order valence-electron chi connectivity index (χ3n) is 4.40. The summed E-state index contributed by atoms with van der Waals surface area (Å²) < 4.78 is 13.8. The minimum Gasteiger partial charge on any atom is -0.367 e. The number of rotatable bonds is 2. The molecule has 0 saturated carbocycles. The summed E-state index contributed by atoms with van der Waals surface area (Å²) in [6.45, 7) is 8.89. The molecule has 0 aliphatic carbocycles. The molecule has 118 valence electrons. The summed E-state index contributed by atoms with van der Waals surface area (Å²) in [6, 6.07) is 5.38. The second-order valence-electron chi connectivity index (χ2n) is 6.93. The fourth-order valence-corrected chi connectivity index (χ4v) is 3.05. The Morgan fingerprint density at radius 1 is 1.18 bits per heavy atom. The molecule has 1 fully saturated rings. The van der Waals surface area contributed by atoms with Gasteiger partial charge >= 0.3 is 0 Å². The first-order valence-electron chi connectivity index (χ1n) is 7.86. The average molecular weight is 302 g/mol. The Hall–Kier alpha value is -1.75. The van der Waals surface area contributed by atoms with Gasteiger partial charge in [-0.1, -0.05) is 6.07 Å². The number of hydrogen-bond acceptors (Lipinski definition) is 4. The quantitative estimate of drug-likeness (QED) is 0.922. The van der Waals surface area contributed by atoms with Gasteiger partial charge in [0.25, 0.3) is 0 Å². The third kappa shape index (κ3) is 3.04. The number of benzene rings is 1. The van der Waals surface area contributed by atoms with Gasteiger partial charge in [-0.2, -0.15) is 0 Å². The molecule has 0 unspecified atom stereocenters. The molecule has 1 N–H and O–H groups in total. The molecular weight excluding hydrogens is 279 g/mol. The van der Waals surface area contributed by atoms with Crippen molar-refractivity contribution in [3.8, 4) is 0 Å². The summed E-state index contributed by atoms with van der Waals surface area (Å²) >= 11 is 0. The minimum atomic E-state index is -0.300. The number of para-hydroxylation sites is 1. The molecule has 1 aromatic carbocycles. The Morgan fingerprint density at radius 3 is 2.59 bits per heavy atom. The summed E-state index contributed by atoms with van der Waals surface area (Å²) in [7, 11) is 0. The maximum Gasteiger partial charge on any atom is 0.149 e. The summed E-state index contributed by atoms with van der Waals surface area (Å²) in [5, 5.41) is 4.23. The van der Waals surface area contributed by atoms with Crippen LogP contribution in [0.2, 0.25) is 0 Å². The van der Waals surface area contributed by atoms with E-state index in [0.29, 0.717) is 11.6 Å². The monoisotopic (exact) mass is 302 g/mol. The normalized spacial score (nSPS) is 17.8. The standard InChI is InChI=1S/C17H23FN4/c1-17(2,3)22-9-7-12(8-10-22)21-16-13-5-4-6-14(18)15(13)19-11-20-16/h4-6,11-12H,7-10H2,1-3H3,(H,19,20,21). The lowest BCUT2D eigenvalue weighted by Crippen LogP contribution is -2.48. The zero-order valence-corrected chi connectivity index (χ0v) is 13.4. The molecule has 1 saturated heterocycles. The highest BCUT2D eigenvalue weighted by atomic mass is 19.1. The Bertz CT molecular complexity index is 657. The second kappa shape index (κ2) is 5.80. The Kier molecular flexibility index (Phi) is 4.00. The lowest BCUT2D eigenvalue weighted by molar-refractivity contribution is 0.106. The van der Waals surface area contributed by atoms with Crippen molar-refractivity contribution < 1.29 is 4.39 Å². The van der Waals surface area contributed by atoms with Crippen molar-refractivity contribution >= 4 is 16.7 Å². The van der Waals surface area contributed by atoms with Crippen LogP contribution in [0.3, 0.4) is 0 Å². The van der Waals surface area contributed by atoms with E-state index in [4.69, 9.17) is 0 Å². The molecule has 0 atom stereocenters. The van der Waals surface area contributed by atoms with Crippen LogP contribution < -0.4 is 5.32 Å².